The number of halogens is 3. The fraction of sp³-hybridized carbons (Fsp3) is 0.200. The van der Waals surface area contributed by atoms with Crippen molar-refractivity contribution < 1.29 is 37.3 Å². The SMILES string of the molecule is O=C(C[C@@]1(O)C(=O)N(Cc2cccc(C(F)(F)F)c2)c2ccccc21)c1ccc2c(c1)OCO2. The van der Waals surface area contributed by atoms with Crippen LogP contribution in [0.25, 0.3) is 0 Å². The summed E-state index contributed by atoms with van der Waals surface area (Å²) >= 11 is 0. The molecule has 2 aliphatic rings. The van der Waals surface area contributed by atoms with E-state index in [1.54, 1.807) is 24.3 Å². The van der Waals surface area contributed by atoms with Crippen molar-refractivity contribution in [3.8, 4) is 11.5 Å². The zero-order valence-electron chi connectivity index (χ0n) is 17.6. The van der Waals surface area contributed by atoms with Gasteiger partial charge in [0.1, 0.15) is 0 Å². The molecule has 6 nitrogen and oxygen atoms in total. The molecule has 0 bridgehead atoms. The maximum atomic E-state index is 13.4. The average Bonchev–Trinajstić information content (AvgIpc) is 3.36. The van der Waals surface area contributed by atoms with Crippen LogP contribution in [0.3, 0.4) is 0 Å². The summed E-state index contributed by atoms with van der Waals surface area (Å²) in [4.78, 5) is 27.6. The van der Waals surface area contributed by atoms with Crippen LogP contribution in [-0.2, 0) is 23.1 Å². The van der Waals surface area contributed by atoms with E-state index in [4.69, 9.17) is 9.47 Å². The summed E-state index contributed by atoms with van der Waals surface area (Å²) < 4.78 is 49.9. The molecule has 0 fully saturated rings. The number of carbonyl (C=O) groups is 2. The van der Waals surface area contributed by atoms with E-state index in [9.17, 15) is 27.9 Å². The lowest BCUT2D eigenvalue weighted by molar-refractivity contribution is -0.137. The first-order chi connectivity index (χ1) is 16.2. The molecule has 0 saturated heterocycles. The molecular weight excluding hydrogens is 451 g/mol. The third kappa shape index (κ3) is 3.67. The number of anilines is 1. The van der Waals surface area contributed by atoms with Crippen LogP contribution in [0, 0.1) is 0 Å². The number of hydrogen-bond acceptors (Lipinski definition) is 5. The molecular formula is C25H18F3NO5. The molecule has 0 aromatic heterocycles. The van der Waals surface area contributed by atoms with Crippen LogP contribution in [0.2, 0.25) is 0 Å². The van der Waals surface area contributed by atoms with Crippen LogP contribution in [0.15, 0.2) is 66.7 Å². The lowest BCUT2D eigenvalue weighted by Gasteiger charge is -2.23. The molecule has 0 radical (unpaired) electrons. The molecule has 1 atom stereocenters. The van der Waals surface area contributed by atoms with Crippen molar-refractivity contribution in [2.45, 2.75) is 24.7 Å². The summed E-state index contributed by atoms with van der Waals surface area (Å²) in [5.41, 5.74) is -1.96. The van der Waals surface area contributed by atoms with Crippen molar-refractivity contribution in [3.05, 3.63) is 89.0 Å². The Morgan fingerprint density at radius 2 is 1.76 bits per heavy atom. The van der Waals surface area contributed by atoms with E-state index in [2.05, 4.69) is 0 Å². The summed E-state index contributed by atoms with van der Waals surface area (Å²) in [6.45, 7) is -0.159. The number of ether oxygens (including phenoxy) is 2. The first kappa shape index (κ1) is 22.0. The molecule has 0 aliphatic carbocycles. The van der Waals surface area contributed by atoms with Gasteiger partial charge in [-0.2, -0.15) is 13.2 Å². The van der Waals surface area contributed by atoms with E-state index in [1.807, 2.05) is 0 Å². The highest BCUT2D eigenvalue weighted by Gasteiger charge is 2.51. The quantitative estimate of drug-likeness (QED) is 0.559. The highest BCUT2D eigenvalue weighted by atomic mass is 19.4. The Morgan fingerprint density at radius 3 is 2.56 bits per heavy atom. The molecule has 5 rings (SSSR count). The summed E-state index contributed by atoms with van der Waals surface area (Å²) in [6, 6.07) is 15.6. The smallest absolute Gasteiger partial charge is 0.416 e. The van der Waals surface area contributed by atoms with Gasteiger partial charge in [-0.25, -0.2) is 0 Å². The second kappa shape index (κ2) is 7.88. The van der Waals surface area contributed by atoms with Gasteiger partial charge in [0.15, 0.2) is 22.9 Å². The van der Waals surface area contributed by atoms with Crippen LogP contribution in [-0.4, -0.2) is 23.6 Å². The normalized spacial score (nSPS) is 18.8. The van der Waals surface area contributed by atoms with E-state index < -0.39 is 35.5 Å². The van der Waals surface area contributed by atoms with Crippen LogP contribution < -0.4 is 14.4 Å². The third-order valence-electron chi connectivity index (χ3n) is 5.95. The zero-order valence-corrected chi connectivity index (χ0v) is 17.6. The number of benzene rings is 3. The molecule has 34 heavy (non-hydrogen) atoms. The number of aliphatic hydroxyl groups is 1. The number of para-hydroxylation sites is 1. The van der Waals surface area contributed by atoms with Gasteiger partial charge >= 0.3 is 6.18 Å². The summed E-state index contributed by atoms with van der Waals surface area (Å²) in [5, 5.41) is 11.4. The molecule has 3 aromatic rings. The minimum absolute atomic E-state index is 0.0350. The van der Waals surface area contributed by atoms with Crippen molar-refractivity contribution in [1.29, 1.82) is 0 Å². The van der Waals surface area contributed by atoms with Crippen LogP contribution >= 0.6 is 0 Å². The predicted octanol–water partition coefficient (Wildman–Crippen LogP) is 4.44. The maximum absolute atomic E-state index is 13.4. The second-order valence-electron chi connectivity index (χ2n) is 8.13. The number of Topliss-reactive ketones (excluding diaryl/α,β-unsaturated/α-hetero) is 1. The van der Waals surface area contributed by atoms with Crippen molar-refractivity contribution in [3.63, 3.8) is 0 Å². The van der Waals surface area contributed by atoms with E-state index >= 15 is 0 Å². The number of alkyl halides is 3. The predicted molar refractivity (Wildman–Crippen MR) is 114 cm³/mol. The van der Waals surface area contributed by atoms with Crippen LogP contribution in [0.4, 0.5) is 18.9 Å². The van der Waals surface area contributed by atoms with Gasteiger partial charge in [0, 0.05) is 11.1 Å². The van der Waals surface area contributed by atoms with Gasteiger partial charge in [-0.15, -0.1) is 0 Å². The minimum atomic E-state index is -4.53. The fourth-order valence-electron chi connectivity index (χ4n) is 4.27. The third-order valence-corrected chi connectivity index (χ3v) is 5.95. The first-order valence-corrected chi connectivity index (χ1v) is 10.4. The largest absolute Gasteiger partial charge is 0.454 e. The molecule has 0 spiro atoms. The Balaban J connectivity index is 1.45. The summed E-state index contributed by atoms with van der Waals surface area (Å²) in [7, 11) is 0. The molecule has 0 saturated carbocycles. The van der Waals surface area contributed by atoms with E-state index in [1.165, 1.54) is 35.2 Å². The lowest BCUT2D eigenvalue weighted by atomic mass is 9.88. The number of amides is 1. The number of hydrogen-bond donors (Lipinski definition) is 1. The summed E-state index contributed by atoms with van der Waals surface area (Å²) in [5.74, 6) is -0.392. The molecule has 174 valence electrons. The number of fused-ring (bicyclic) bond motifs is 2. The molecule has 1 amide bonds. The topological polar surface area (TPSA) is 76.1 Å². The van der Waals surface area contributed by atoms with Crippen molar-refractivity contribution in [2.75, 3.05) is 11.7 Å². The van der Waals surface area contributed by atoms with E-state index in [0.717, 1.165) is 12.1 Å². The Morgan fingerprint density at radius 1 is 1.00 bits per heavy atom. The number of carbonyl (C=O) groups excluding carboxylic acids is 2. The number of ketones is 1. The zero-order chi connectivity index (χ0) is 24.1. The highest BCUT2D eigenvalue weighted by Crippen LogP contribution is 2.44. The van der Waals surface area contributed by atoms with Crippen LogP contribution in [0.1, 0.15) is 33.5 Å². The Labute approximate surface area is 192 Å². The molecule has 9 heteroatoms. The highest BCUT2D eigenvalue weighted by molar-refractivity contribution is 6.10. The standard InChI is InChI=1S/C25H18F3NO5/c26-25(27,28)17-5-3-4-15(10-17)13-29-19-7-2-1-6-18(19)24(32,23(29)31)12-20(30)16-8-9-21-22(11-16)34-14-33-21/h1-11,32H,12-14H2/t24-/m0/s1. The van der Waals surface area contributed by atoms with Gasteiger partial charge in [-0.05, 0) is 42.0 Å². The molecule has 0 unspecified atom stereocenters. The number of nitrogens with zero attached hydrogens (tertiary/aromatic N) is 1. The van der Waals surface area contributed by atoms with E-state index in [0.29, 0.717) is 17.2 Å². The molecule has 2 heterocycles. The van der Waals surface area contributed by atoms with Gasteiger partial charge in [-0.1, -0.05) is 30.3 Å². The van der Waals surface area contributed by atoms with Crippen LogP contribution in [0.5, 0.6) is 11.5 Å². The minimum Gasteiger partial charge on any atom is -0.454 e. The van der Waals surface area contributed by atoms with Gasteiger partial charge < -0.3 is 19.5 Å². The lowest BCUT2D eigenvalue weighted by Crippen LogP contribution is -2.41. The maximum Gasteiger partial charge on any atom is 0.416 e. The Bertz CT molecular complexity index is 1310. The Hall–Kier alpha value is -3.85. The monoisotopic (exact) mass is 469 g/mol. The molecule has 1 N–H and O–H groups in total. The average molecular weight is 469 g/mol. The van der Waals surface area contributed by atoms with Gasteiger partial charge in [0.05, 0.1) is 24.2 Å². The fourth-order valence-corrected chi connectivity index (χ4v) is 4.27. The van der Waals surface area contributed by atoms with Gasteiger partial charge in [-0.3, -0.25) is 9.59 Å². The first-order valence-electron chi connectivity index (χ1n) is 10.4. The van der Waals surface area contributed by atoms with Crippen molar-refractivity contribution in [1.82, 2.24) is 0 Å². The van der Waals surface area contributed by atoms with E-state index in [-0.39, 0.29) is 30.0 Å². The van der Waals surface area contributed by atoms with Gasteiger partial charge in [0.25, 0.3) is 5.91 Å². The molecule has 2 aliphatic heterocycles. The second-order valence-corrected chi connectivity index (χ2v) is 8.13. The summed E-state index contributed by atoms with van der Waals surface area (Å²) in [6.07, 6.45) is -5.07. The van der Waals surface area contributed by atoms with Crippen molar-refractivity contribution in [2.24, 2.45) is 0 Å². The van der Waals surface area contributed by atoms with Gasteiger partial charge in [0.2, 0.25) is 6.79 Å². The van der Waals surface area contributed by atoms with Crippen molar-refractivity contribution >= 4 is 17.4 Å². The number of rotatable bonds is 5. The molecule has 3 aromatic carbocycles. The Kier molecular flexibility index (Phi) is 5.09.